The number of hydrazone groups is 1. The zero-order valence-electron chi connectivity index (χ0n) is 21.4. The van der Waals surface area contributed by atoms with Crippen molar-refractivity contribution in [1.29, 1.82) is 5.26 Å². The number of furan rings is 1. The topological polar surface area (TPSA) is 116 Å². The first-order valence-corrected chi connectivity index (χ1v) is 12.9. The first kappa shape index (κ1) is 23.8. The fourth-order valence-electron chi connectivity index (χ4n) is 6.85. The van der Waals surface area contributed by atoms with E-state index in [2.05, 4.69) is 16.6 Å². The number of carbonyl (C=O) groups excluding carboxylic acids is 3. The Hall–Kier alpha value is -5.29. The van der Waals surface area contributed by atoms with Crippen LogP contribution in [0.5, 0.6) is 0 Å². The summed E-state index contributed by atoms with van der Waals surface area (Å²) < 4.78 is 5.43. The van der Waals surface area contributed by atoms with E-state index in [4.69, 9.17) is 4.42 Å². The number of imide groups is 1. The molecule has 8 nitrogen and oxygen atoms in total. The molecule has 2 atom stereocenters. The highest BCUT2D eigenvalue weighted by atomic mass is 16.3. The molecule has 4 aliphatic rings. The molecule has 1 aromatic heterocycles. The summed E-state index contributed by atoms with van der Waals surface area (Å²) in [4.78, 5) is 42.5. The van der Waals surface area contributed by atoms with Gasteiger partial charge in [0, 0.05) is 12.1 Å². The third kappa shape index (κ3) is 3.06. The van der Waals surface area contributed by atoms with Crippen LogP contribution in [0.3, 0.4) is 0 Å². The molecule has 1 aliphatic heterocycles. The summed E-state index contributed by atoms with van der Waals surface area (Å²) in [5.41, 5.74) is 5.54. The number of hydrogen-bond acceptors (Lipinski definition) is 6. The van der Waals surface area contributed by atoms with E-state index < -0.39 is 29.1 Å². The first-order chi connectivity index (χ1) is 19.5. The Balaban J connectivity index is 1.43. The number of aryl methyl sites for hydroxylation is 1. The molecule has 8 heteroatoms. The third-order valence-corrected chi connectivity index (χ3v) is 8.35. The number of nitrogens with one attached hydrogen (secondary N) is 1. The minimum absolute atomic E-state index is 0.115. The molecular formula is C32H22N4O4. The second-order valence-electron chi connectivity index (χ2n) is 10.3. The van der Waals surface area contributed by atoms with E-state index in [1.54, 1.807) is 49.5 Å². The Morgan fingerprint density at radius 2 is 1.60 bits per heavy atom. The molecule has 8 rings (SSSR count). The number of para-hydroxylation sites is 1. The summed E-state index contributed by atoms with van der Waals surface area (Å²) in [5.74, 6) is -2.44. The van der Waals surface area contributed by atoms with Crippen LogP contribution in [0.4, 0.5) is 5.69 Å². The molecule has 2 heterocycles. The van der Waals surface area contributed by atoms with E-state index in [0.29, 0.717) is 5.76 Å². The van der Waals surface area contributed by atoms with Gasteiger partial charge in [-0.1, -0.05) is 60.7 Å². The summed E-state index contributed by atoms with van der Waals surface area (Å²) in [6.45, 7) is 1.74. The maximum absolute atomic E-state index is 14.4. The van der Waals surface area contributed by atoms with Gasteiger partial charge >= 0.3 is 5.91 Å². The van der Waals surface area contributed by atoms with Gasteiger partial charge in [-0.15, -0.1) is 0 Å². The van der Waals surface area contributed by atoms with Gasteiger partial charge in [0.15, 0.2) is 5.76 Å². The van der Waals surface area contributed by atoms with E-state index in [1.807, 2.05) is 48.5 Å². The molecule has 3 aliphatic carbocycles. The Morgan fingerprint density at radius 3 is 2.25 bits per heavy atom. The Morgan fingerprint density at radius 1 is 0.950 bits per heavy atom. The molecule has 2 bridgehead atoms. The van der Waals surface area contributed by atoms with Crippen molar-refractivity contribution in [2.45, 2.75) is 18.3 Å². The molecule has 194 valence electrons. The molecule has 1 fully saturated rings. The van der Waals surface area contributed by atoms with Gasteiger partial charge in [-0.05, 0) is 53.4 Å². The fraction of sp³-hybridized carbons (Fsp3) is 0.156. The number of amides is 3. The van der Waals surface area contributed by atoms with Crippen LogP contribution in [0.2, 0.25) is 0 Å². The maximum atomic E-state index is 14.4. The minimum Gasteiger partial charge on any atom is -0.456 e. The largest absolute Gasteiger partial charge is 0.456 e. The predicted molar refractivity (Wildman–Crippen MR) is 146 cm³/mol. The number of rotatable bonds is 4. The van der Waals surface area contributed by atoms with Crippen LogP contribution in [-0.4, -0.2) is 23.9 Å². The quantitative estimate of drug-likeness (QED) is 0.240. The van der Waals surface area contributed by atoms with Crippen molar-refractivity contribution in [2.75, 3.05) is 4.90 Å². The normalized spacial score (nSPS) is 24.0. The van der Waals surface area contributed by atoms with Crippen molar-refractivity contribution >= 4 is 29.6 Å². The molecule has 3 aromatic carbocycles. The molecular weight excluding hydrogens is 504 g/mol. The van der Waals surface area contributed by atoms with Crippen molar-refractivity contribution in [2.24, 2.45) is 16.9 Å². The summed E-state index contributed by atoms with van der Waals surface area (Å²) in [7, 11) is 0. The van der Waals surface area contributed by atoms with Crippen LogP contribution >= 0.6 is 0 Å². The average Bonchev–Trinajstić information content (AvgIpc) is 3.54. The van der Waals surface area contributed by atoms with E-state index in [1.165, 1.54) is 4.90 Å². The molecule has 0 spiro atoms. The summed E-state index contributed by atoms with van der Waals surface area (Å²) >= 11 is 0. The van der Waals surface area contributed by atoms with E-state index in [9.17, 15) is 19.6 Å². The lowest BCUT2D eigenvalue weighted by Gasteiger charge is -2.52. The number of benzene rings is 3. The minimum atomic E-state index is -1.14. The molecule has 3 amide bonds. The summed E-state index contributed by atoms with van der Waals surface area (Å²) in [6, 6.07) is 27.5. The zero-order chi connectivity index (χ0) is 27.6. The van der Waals surface area contributed by atoms with E-state index >= 15 is 0 Å². The Bertz CT molecular complexity index is 1770. The molecule has 1 saturated heterocycles. The van der Waals surface area contributed by atoms with Crippen LogP contribution in [0, 0.1) is 30.1 Å². The van der Waals surface area contributed by atoms with Gasteiger partial charge in [-0.2, -0.15) is 10.4 Å². The summed E-state index contributed by atoms with van der Waals surface area (Å²) in [6.07, 6.45) is 1.59. The van der Waals surface area contributed by atoms with E-state index in [0.717, 1.165) is 22.3 Å². The molecule has 1 N–H and O–H groups in total. The average molecular weight is 527 g/mol. The smallest absolute Gasteiger partial charge is 0.307 e. The highest BCUT2D eigenvalue weighted by Crippen LogP contribution is 2.63. The second-order valence-corrected chi connectivity index (χ2v) is 10.3. The molecule has 0 radical (unpaired) electrons. The fourth-order valence-corrected chi connectivity index (χ4v) is 6.85. The predicted octanol–water partition coefficient (Wildman–Crippen LogP) is 4.43. The van der Waals surface area contributed by atoms with Crippen molar-refractivity contribution < 1.29 is 18.8 Å². The van der Waals surface area contributed by atoms with Crippen LogP contribution < -0.4 is 10.3 Å². The van der Waals surface area contributed by atoms with Gasteiger partial charge in [0.1, 0.15) is 11.8 Å². The Labute approximate surface area is 229 Å². The lowest BCUT2D eigenvalue weighted by molar-refractivity contribution is -0.122. The summed E-state index contributed by atoms with van der Waals surface area (Å²) in [5, 5.41) is 14.1. The lowest BCUT2D eigenvalue weighted by atomic mass is 9.47. The highest BCUT2D eigenvalue weighted by molar-refractivity contribution is 6.25. The number of anilines is 1. The molecule has 4 aromatic rings. The molecule has 0 unspecified atom stereocenters. The van der Waals surface area contributed by atoms with Gasteiger partial charge in [-0.25, -0.2) is 10.3 Å². The Kier molecular flexibility index (Phi) is 5.12. The lowest BCUT2D eigenvalue weighted by Crippen LogP contribution is -2.54. The van der Waals surface area contributed by atoms with Gasteiger partial charge in [0.25, 0.3) is 0 Å². The first-order valence-electron chi connectivity index (χ1n) is 12.9. The highest BCUT2D eigenvalue weighted by Gasteiger charge is 2.68. The van der Waals surface area contributed by atoms with E-state index in [-0.39, 0.29) is 28.8 Å². The SMILES string of the molecule is Cc1ccc(C(=O)N/N=C\C23c4ccccc4C(c4ccccc42)[C@H]2C(=O)N(c4ccccc4C#N)C(=O)[C@@H]23)o1. The standard InChI is InChI=1S/C32H22N4O4/c1-18-14-15-25(40-18)29(37)35-34-17-32-22-11-5-3-9-20(22)26(21-10-4-6-12-23(21)32)27-28(32)31(39)36(30(27)38)24-13-7-2-8-19(24)16-33/h2-15,17,26-28H,1H3,(H,35,37)/b34-17-/t26?,27-,28-,32?/m1/s1. The number of nitriles is 1. The van der Waals surface area contributed by atoms with Crippen LogP contribution in [0.1, 0.15) is 50.1 Å². The van der Waals surface area contributed by atoms with Crippen molar-refractivity contribution in [3.8, 4) is 6.07 Å². The van der Waals surface area contributed by atoms with Gasteiger partial charge in [0.05, 0.1) is 28.5 Å². The van der Waals surface area contributed by atoms with Crippen LogP contribution in [0.15, 0.2) is 94.4 Å². The maximum Gasteiger partial charge on any atom is 0.307 e. The number of carbonyl (C=O) groups is 3. The number of hydrogen-bond donors (Lipinski definition) is 1. The van der Waals surface area contributed by atoms with Gasteiger partial charge < -0.3 is 4.42 Å². The zero-order valence-corrected chi connectivity index (χ0v) is 21.4. The van der Waals surface area contributed by atoms with Crippen molar-refractivity contribution in [3.05, 3.63) is 124 Å². The van der Waals surface area contributed by atoms with Crippen LogP contribution in [0.25, 0.3) is 0 Å². The molecule has 40 heavy (non-hydrogen) atoms. The number of nitrogens with zero attached hydrogens (tertiary/aromatic N) is 3. The second kappa shape index (κ2) is 8.61. The third-order valence-electron chi connectivity index (χ3n) is 8.35. The van der Waals surface area contributed by atoms with Gasteiger partial charge in [0.2, 0.25) is 11.8 Å². The van der Waals surface area contributed by atoms with Crippen LogP contribution in [-0.2, 0) is 15.0 Å². The molecule has 0 saturated carbocycles. The van der Waals surface area contributed by atoms with Gasteiger partial charge in [-0.3, -0.25) is 14.4 Å². The van der Waals surface area contributed by atoms with Crippen molar-refractivity contribution in [1.82, 2.24) is 5.43 Å². The van der Waals surface area contributed by atoms with Crippen molar-refractivity contribution in [3.63, 3.8) is 0 Å². The monoisotopic (exact) mass is 526 g/mol.